The molecule has 1 amide bonds. The van der Waals surface area contributed by atoms with Gasteiger partial charge in [0.05, 0.1) is 16.8 Å². The number of carbonyl (C=O) groups excluding carboxylic acids is 1. The van der Waals surface area contributed by atoms with Gasteiger partial charge in [-0.1, -0.05) is 22.9 Å². The predicted molar refractivity (Wildman–Crippen MR) is 108 cm³/mol. The van der Waals surface area contributed by atoms with E-state index >= 15 is 0 Å². The Morgan fingerprint density at radius 2 is 2.07 bits per heavy atom. The highest BCUT2D eigenvalue weighted by Gasteiger charge is 2.14. The number of fused-ring (bicyclic) bond motifs is 1. The molecule has 2 aromatic carbocycles. The molecule has 28 heavy (non-hydrogen) atoms. The summed E-state index contributed by atoms with van der Waals surface area (Å²) in [6.07, 6.45) is 0. The molecule has 0 unspecified atom stereocenters. The van der Waals surface area contributed by atoms with Crippen LogP contribution < -0.4 is 10.1 Å². The van der Waals surface area contributed by atoms with Crippen LogP contribution in [0.15, 0.2) is 42.5 Å². The molecule has 0 aliphatic carbocycles. The SMILES string of the molecule is CCOc1ccc2nc(NC(=O)Cn3nnnc3-c3ccc(Cl)cc3)sc2c1. The van der Waals surface area contributed by atoms with Crippen molar-refractivity contribution in [3.05, 3.63) is 47.5 Å². The molecule has 8 nitrogen and oxygen atoms in total. The Hall–Kier alpha value is -3.04. The van der Waals surface area contributed by atoms with Crippen molar-refractivity contribution in [2.75, 3.05) is 11.9 Å². The highest BCUT2D eigenvalue weighted by molar-refractivity contribution is 7.22. The Kier molecular flexibility index (Phi) is 5.18. The fraction of sp³-hybridized carbons (Fsp3) is 0.167. The van der Waals surface area contributed by atoms with Crippen LogP contribution in [0.1, 0.15) is 6.92 Å². The van der Waals surface area contributed by atoms with E-state index in [-0.39, 0.29) is 12.5 Å². The third-order valence-electron chi connectivity index (χ3n) is 3.84. The van der Waals surface area contributed by atoms with Gasteiger partial charge in [0.15, 0.2) is 11.0 Å². The number of aromatic nitrogens is 5. The van der Waals surface area contributed by atoms with Crippen LogP contribution in [0.25, 0.3) is 21.6 Å². The highest BCUT2D eigenvalue weighted by atomic mass is 35.5. The summed E-state index contributed by atoms with van der Waals surface area (Å²) in [5.41, 5.74) is 1.57. The highest BCUT2D eigenvalue weighted by Crippen LogP contribution is 2.29. The van der Waals surface area contributed by atoms with Crippen LogP contribution in [0.4, 0.5) is 5.13 Å². The smallest absolute Gasteiger partial charge is 0.248 e. The first kappa shape index (κ1) is 18.3. The first-order valence-electron chi connectivity index (χ1n) is 8.47. The number of nitrogens with one attached hydrogen (secondary N) is 1. The summed E-state index contributed by atoms with van der Waals surface area (Å²) in [6.45, 7) is 2.49. The maximum Gasteiger partial charge on any atom is 0.248 e. The molecule has 0 fully saturated rings. The van der Waals surface area contributed by atoms with Crippen LogP contribution in [0.2, 0.25) is 5.02 Å². The largest absolute Gasteiger partial charge is 0.494 e. The summed E-state index contributed by atoms with van der Waals surface area (Å²) in [7, 11) is 0. The average Bonchev–Trinajstić information content (AvgIpc) is 3.28. The molecule has 2 aromatic heterocycles. The van der Waals surface area contributed by atoms with Gasteiger partial charge in [0.2, 0.25) is 5.91 Å². The Labute approximate surface area is 169 Å². The Balaban J connectivity index is 1.49. The minimum absolute atomic E-state index is 0.0366. The van der Waals surface area contributed by atoms with Crippen LogP contribution in [-0.2, 0) is 11.3 Å². The van der Waals surface area contributed by atoms with E-state index < -0.39 is 0 Å². The number of benzene rings is 2. The fourth-order valence-corrected chi connectivity index (χ4v) is 3.66. The van der Waals surface area contributed by atoms with E-state index in [1.54, 1.807) is 24.3 Å². The molecular weight excluding hydrogens is 400 g/mol. The van der Waals surface area contributed by atoms with Gasteiger partial charge in [0, 0.05) is 10.6 Å². The predicted octanol–water partition coefficient (Wildman–Crippen LogP) is 3.64. The van der Waals surface area contributed by atoms with Crippen molar-refractivity contribution in [1.29, 1.82) is 0 Å². The number of anilines is 1. The molecule has 0 atom stereocenters. The Bertz CT molecular complexity index is 1120. The van der Waals surface area contributed by atoms with Crippen molar-refractivity contribution in [3.63, 3.8) is 0 Å². The monoisotopic (exact) mass is 414 g/mol. The first-order chi connectivity index (χ1) is 13.6. The lowest BCUT2D eigenvalue weighted by molar-refractivity contribution is -0.116. The summed E-state index contributed by atoms with van der Waals surface area (Å²) in [5, 5.41) is 15.5. The van der Waals surface area contributed by atoms with E-state index in [4.69, 9.17) is 16.3 Å². The molecular formula is C18H15ClN6O2S. The van der Waals surface area contributed by atoms with Crippen LogP contribution in [-0.4, -0.2) is 37.7 Å². The molecule has 0 spiro atoms. The van der Waals surface area contributed by atoms with E-state index in [1.165, 1.54) is 16.0 Å². The molecule has 142 valence electrons. The molecule has 0 radical (unpaired) electrons. The quantitative estimate of drug-likeness (QED) is 0.517. The van der Waals surface area contributed by atoms with Gasteiger partial charge in [-0.3, -0.25) is 4.79 Å². The van der Waals surface area contributed by atoms with E-state index in [1.807, 2.05) is 25.1 Å². The number of amides is 1. The van der Waals surface area contributed by atoms with E-state index in [9.17, 15) is 4.79 Å². The van der Waals surface area contributed by atoms with Crippen LogP contribution >= 0.6 is 22.9 Å². The Morgan fingerprint density at radius 3 is 2.86 bits per heavy atom. The molecule has 4 rings (SSSR count). The second kappa shape index (κ2) is 7.91. The zero-order valence-electron chi connectivity index (χ0n) is 14.8. The molecule has 0 aliphatic rings. The number of hydrogen-bond acceptors (Lipinski definition) is 7. The number of ether oxygens (including phenoxy) is 1. The van der Waals surface area contributed by atoms with Crippen molar-refractivity contribution in [3.8, 4) is 17.1 Å². The lowest BCUT2D eigenvalue weighted by Gasteiger charge is -2.04. The van der Waals surface area contributed by atoms with Crippen molar-refractivity contribution in [2.24, 2.45) is 0 Å². The van der Waals surface area contributed by atoms with E-state index in [0.717, 1.165) is 21.5 Å². The number of rotatable bonds is 6. The number of halogens is 1. The summed E-state index contributed by atoms with van der Waals surface area (Å²) >= 11 is 7.29. The maximum atomic E-state index is 12.5. The van der Waals surface area contributed by atoms with E-state index in [0.29, 0.717) is 22.6 Å². The number of hydrogen-bond donors (Lipinski definition) is 1. The molecule has 0 bridgehead atoms. The minimum Gasteiger partial charge on any atom is -0.494 e. The maximum absolute atomic E-state index is 12.5. The van der Waals surface area contributed by atoms with Crippen molar-refractivity contribution >= 4 is 44.2 Å². The number of thiazole rings is 1. The molecule has 0 aliphatic heterocycles. The third-order valence-corrected chi connectivity index (χ3v) is 5.03. The van der Waals surface area contributed by atoms with Gasteiger partial charge in [-0.25, -0.2) is 9.67 Å². The summed E-state index contributed by atoms with van der Waals surface area (Å²) in [5.74, 6) is 0.988. The zero-order valence-corrected chi connectivity index (χ0v) is 16.4. The van der Waals surface area contributed by atoms with Gasteiger partial charge in [-0.2, -0.15) is 0 Å². The van der Waals surface area contributed by atoms with Gasteiger partial charge in [0.1, 0.15) is 12.3 Å². The average molecular weight is 415 g/mol. The second-order valence-electron chi connectivity index (χ2n) is 5.80. The summed E-state index contributed by atoms with van der Waals surface area (Å²) in [6, 6.07) is 12.7. The van der Waals surface area contributed by atoms with Crippen molar-refractivity contribution in [2.45, 2.75) is 13.5 Å². The fourth-order valence-electron chi connectivity index (χ4n) is 2.63. The normalized spacial score (nSPS) is 10.9. The van der Waals surface area contributed by atoms with Gasteiger partial charge in [0.25, 0.3) is 0 Å². The lowest BCUT2D eigenvalue weighted by atomic mass is 10.2. The third kappa shape index (κ3) is 3.95. The van der Waals surface area contributed by atoms with Gasteiger partial charge in [-0.15, -0.1) is 5.10 Å². The van der Waals surface area contributed by atoms with Crippen molar-refractivity contribution in [1.82, 2.24) is 25.2 Å². The summed E-state index contributed by atoms with van der Waals surface area (Å²) < 4.78 is 7.86. The zero-order chi connectivity index (χ0) is 19.5. The standard InChI is InChI=1S/C18H15ClN6O2S/c1-2-27-13-7-8-14-15(9-13)28-18(20-14)21-16(26)10-25-17(22-23-24-25)11-3-5-12(19)6-4-11/h3-9H,2,10H2,1H3,(H,20,21,26). The first-order valence-corrected chi connectivity index (χ1v) is 9.67. The molecule has 0 saturated carbocycles. The Morgan fingerprint density at radius 1 is 1.25 bits per heavy atom. The number of nitrogens with zero attached hydrogens (tertiary/aromatic N) is 5. The van der Waals surface area contributed by atoms with E-state index in [2.05, 4.69) is 25.8 Å². The minimum atomic E-state index is -0.272. The van der Waals surface area contributed by atoms with Gasteiger partial charge < -0.3 is 10.1 Å². The molecule has 0 saturated heterocycles. The molecule has 2 heterocycles. The number of tetrazole rings is 1. The van der Waals surface area contributed by atoms with Gasteiger partial charge >= 0.3 is 0 Å². The topological polar surface area (TPSA) is 94.8 Å². The van der Waals surface area contributed by atoms with Crippen LogP contribution in [0.5, 0.6) is 5.75 Å². The lowest BCUT2D eigenvalue weighted by Crippen LogP contribution is -2.20. The van der Waals surface area contributed by atoms with Crippen LogP contribution in [0.3, 0.4) is 0 Å². The van der Waals surface area contributed by atoms with Gasteiger partial charge in [-0.05, 0) is 59.8 Å². The second-order valence-corrected chi connectivity index (χ2v) is 7.26. The molecule has 1 N–H and O–H groups in total. The summed E-state index contributed by atoms with van der Waals surface area (Å²) in [4.78, 5) is 16.9. The van der Waals surface area contributed by atoms with Crippen LogP contribution in [0, 0.1) is 0 Å². The number of carbonyl (C=O) groups is 1. The van der Waals surface area contributed by atoms with Crippen molar-refractivity contribution < 1.29 is 9.53 Å². The molecule has 10 heteroatoms. The molecule has 4 aromatic rings.